The molecule has 0 N–H and O–H groups in total. The van der Waals surface area contributed by atoms with E-state index < -0.39 is 5.41 Å². The molecule has 1 aliphatic carbocycles. The lowest BCUT2D eigenvalue weighted by atomic mass is 9.69. The van der Waals surface area contributed by atoms with E-state index in [9.17, 15) is 9.59 Å². The van der Waals surface area contributed by atoms with Gasteiger partial charge in [-0.05, 0) is 39.0 Å². The van der Waals surface area contributed by atoms with Crippen molar-refractivity contribution in [1.29, 1.82) is 0 Å². The zero-order chi connectivity index (χ0) is 15.0. The Bertz CT molecular complexity index is 320. The van der Waals surface area contributed by atoms with Crippen molar-refractivity contribution in [3.05, 3.63) is 0 Å². The van der Waals surface area contributed by atoms with E-state index in [2.05, 4.69) is 0 Å². The highest BCUT2D eigenvalue weighted by atomic mass is 16.5. The molecule has 0 aromatic heterocycles. The molecule has 4 heteroatoms. The fraction of sp³-hybridized carbons (Fsp3) is 0.875. The van der Waals surface area contributed by atoms with Crippen LogP contribution in [0.1, 0.15) is 65.7 Å². The molecule has 1 rings (SSSR count). The van der Waals surface area contributed by atoms with E-state index in [1.165, 1.54) is 0 Å². The first-order valence-electron chi connectivity index (χ1n) is 7.93. The van der Waals surface area contributed by atoms with Crippen molar-refractivity contribution in [3.8, 4) is 0 Å². The number of carbonyl (C=O) groups excluding carboxylic acids is 2. The van der Waals surface area contributed by atoms with Crippen LogP contribution in [0.15, 0.2) is 0 Å². The minimum Gasteiger partial charge on any atom is -0.466 e. The highest BCUT2D eigenvalue weighted by Crippen LogP contribution is 2.46. The quantitative estimate of drug-likeness (QED) is 0.640. The topological polar surface area (TPSA) is 52.6 Å². The Balaban J connectivity index is 2.97. The van der Waals surface area contributed by atoms with Crippen molar-refractivity contribution >= 4 is 11.9 Å². The van der Waals surface area contributed by atoms with Gasteiger partial charge >= 0.3 is 11.9 Å². The van der Waals surface area contributed by atoms with E-state index in [0.717, 1.165) is 32.1 Å². The standard InChI is InChI=1S/C16H28O4/c1-4-11-16(15(18)20-6-3,12-14(17)19-5-2)13-9-7-8-10-13/h13H,4-12H2,1-3H3. The van der Waals surface area contributed by atoms with Crippen LogP contribution in [0, 0.1) is 11.3 Å². The van der Waals surface area contributed by atoms with Crippen molar-refractivity contribution in [2.45, 2.75) is 65.7 Å². The second kappa shape index (κ2) is 8.28. The highest BCUT2D eigenvalue weighted by molar-refractivity contribution is 5.84. The van der Waals surface area contributed by atoms with Crippen LogP contribution in [0.25, 0.3) is 0 Å². The molecular formula is C16H28O4. The zero-order valence-electron chi connectivity index (χ0n) is 13.1. The van der Waals surface area contributed by atoms with Crippen molar-refractivity contribution in [2.24, 2.45) is 11.3 Å². The molecule has 1 saturated carbocycles. The second-order valence-corrected chi connectivity index (χ2v) is 5.59. The molecule has 0 spiro atoms. The SMILES string of the molecule is CCCC(CC(=O)OCC)(C(=O)OCC)C1CCCC1. The van der Waals surface area contributed by atoms with Crippen LogP contribution in [0.3, 0.4) is 0 Å². The number of carbonyl (C=O) groups is 2. The summed E-state index contributed by atoms with van der Waals surface area (Å²) in [4.78, 5) is 24.5. The number of rotatable bonds is 8. The summed E-state index contributed by atoms with van der Waals surface area (Å²) >= 11 is 0. The highest BCUT2D eigenvalue weighted by Gasteiger charge is 2.48. The molecule has 0 aromatic rings. The second-order valence-electron chi connectivity index (χ2n) is 5.59. The summed E-state index contributed by atoms with van der Waals surface area (Å²) in [6.45, 7) is 6.37. The Kier molecular flexibility index (Phi) is 7.03. The van der Waals surface area contributed by atoms with Gasteiger partial charge in [-0.25, -0.2) is 0 Å². The van der Waals surface area contributed by atoms with Gasteiger partial charge in [-0.1, -0.05) is 26.2 Å². The third kappa shape index (κ3) is 3.97. The van der Waals surface area contributed by atoms with Gasteiger partial charge in [-0.2, -0.15) is 0 Å². The predicted octanol–water partition coefficient (Wildman–Crippen LogP) is 3.48. The predicted molar refractivity (Wildman–Crippen MR) is 77.2 cm³/mol. The summed E-state index contributed by atoms with van der Waals surface area (Å²) in [6.07, 6.45) is 6.04. The first-order valence-corrected chi connectivity index (χ1v) is 7.93. The molecule has 0 radical (unpaired) electrons. The van der Waals surface area contributed by atoms with Gasteiger partial charge in [0.15, 0.2) is 0 Å². The minimum absolute atomic E-state index is 0.165. The van der Waals surface area contributed by atoms with Gasteiger partial charge in [0.2, 0.25) is 0 Å². The summed E-state index contributed by atoms with van der Waals surface area (Å²) in [5.41, 5.74) is -0.673. The minimum atomic E-state index is -0.673. The van der Waals surface area contributed by atoms with Crippen molar-refractivity contribution < 1.29 is 19.1 Å². The van der Waals surface area contributed by atoms with Crippen LogP contribution in [0.5, 0.6) is 0 Å². The van der Waals surface area contributed by atoms with Gasteiger partial charge in [0.25, 0.3) is 0 Å². The molecular weight excluding hydrogens is 256 g/mol. The van der Waals surface area contributed by atoms with Crippen LogP contribution >= 0.6 is 0 Å². The molecule has 0 heterocycles. The summed E-state index contributed by atoms with van der Waals surface area (Å²) in [5.74, 6) is -0.228. The van der Waals surface area contributed by atoms with E-state index in [4.69, 9.17) is 9.47 Å². The molecule has 0 bridgehead atoms. The van der Waals surface area contributed by atoms with Gasteiger partial charge < -0.3 is 9.47 Å². The fourth-order valence-corrected chi connectivity index (χ4v) is 3.45. The Labute approximate surface area is 122 Å². The number of ether oxygens (including phenoxy) is 2. The molecule has 0 aliphatic heterocycles. The summed E-state index contributed by atoms with van der Waals surface area (Å²) in [7, 11) is 0. The molecule has 0 aromatic carbocycles. The lowest BCUT2D eigenvalue weighted by Crippen LogP contribution is -2.41. The molecule has 0 amide bonds. The van der Waals surface area contributed by atoms with Gasteiger partial charge in [0.1, 0.15) is 0 Å². The lowest BCUT2D eigenvalue weighted by Gasteiger charge is -2.36. The van der Waals surface area contributed by atoms with Crippen molar-refractivity contribution in [1.82, 2.24) is 0 Å². The van der Waals surface area contributed by atoms with E-state index in [1.54, 1.807) is 6.92 Å². The Morgan fingerprint density at radius 2 is 1.65 bits per heavy atom. The monoisotopic (exact) mass is 284 g/mol. The largest absolute Gasteiger partial charge is 0.466 e. The van der Waals surface area contributed by atoms with Crippen LogP contribution in [0.2, 0.25) is 0 Å². The van der Waals surface area contributed by atoms with Crippen LogP contribution in [-0.4, -0.2) is 25.2 Å². The lowest BCUT2D eigenvalue weighted by molar-refractivity contribution is -0.167. The van der Waals surface area contributed by atoms with E-state index in [-0.39, 0.29) is 24.3 Å². The normalized spacial score (nSPS) is 18.6. The average Bonchev–Trinajstić information content (AvgIpc) is 2.93. The molecule has 1 atom stereocenters. The maximum absolute atomic E-state index is 12.6. The molecule has 1 aliphatic rings. The zero-order valence-corrected chi connectivity index (χ0v) is 13.1. The first kappa shape index (κ1) is 17.0. The van der Waals surface area contributed by atoms with E-state index >= 15 is 0 Å². The third-order valence-corrected chi connectivity index (χ3v) is 4.28. The summed E-state index contributed by atoms with van der Waals surface area (Å²) < 4.78 is 10.4. The molecule has 1 fully saturated rings. The summed E-state index contributed by atoms with van der Waals surface area (Å²) in [6, 6.07) is 0. The molecule has 20 heavy (non-hydrogen) atoms. The maximum atomic E-state index is 12.6. The maximum Gasteiger partial charge on any atom is 0.312 e. The van der Waals surface area contributed by atoms with Gasteiger partial charge in [-0.15, -0.1) is 0 Å². The number of esters is 2. The third-order valence-electron chi connectivity index (χ3n) is 4.28. The summed E-state index contributed by atoms with van der Waals surface area (Å²) in [5, 5.41) is 0. The van der Waals surface area contributed by atoms with Gasteiger partial charge in [0, 0.05) is 0 Å². The Hall–Kier alpha value is -1.06. The van der Waals surface area contributed by atoms with Crippen molar-refractivity contribution in [3.63, 3.8) is 0 Å². The molecule has 1 unspecified atom stereocenters. The van der Waals surface area contributed by atoms with Crippen molar-refractivity contribution in [2.75, 3.05) is 13.2 Å². The average molecular weight is 284 g/mol. The van der Waals surface area contributed by atoms with E-state index in [1.807, 2.05) is 13.8 Å². The number of hydrogen-bond acceptors (Lipinski definition) is 4. The first-order chi connectivity index (χ1) is 9.60. The number of hydrogen-bond donors (Lipinski definition) is 0. The van der Waals surface area contributed by atoms with E-state index in [0.29, 0.717) is 19.6 Å². The molecule has 116 valence electrons. The Morgan fingerprint density at radius 3 is 2.15 bits per heavy atom. The van der Waals surface area contributed by atoms with Crippen LogP contribution in [-0.2, 0) is 19.1 Å². The van der Waals surface area contributed by atoms with Gasteiger partial charge in [0.05, 0.1) is 25.0 Å². The van der Waals surface area contributed by atoms with Crippen LogP contribution < -0.4 is 0 Å². The molecule has 0 saturated heterocycles. The molecule has 4 nitrogen and oxygen atoms in total. The Morgan fingerprint density at radius 1 is 1.05 bits per heavy atom. The fourth-order valence-electron chi connectivity index (χ4n) is 3.45. The smallest absolute Gasteiger partial charge is 0.312 e. The van der Waals surface area contributed by atoms with Gasteiger partial charge in [-0.3, -0.25) is 9.59 Å². The van der Waals surface area contributed by atoms with Crippen LogP contribution in [0.4, 0.5) is 0 Å².